The molecule has 0 amide bonds. The molecule has 1 aromatic rings. The van der Waals surface area contributed by atoms with E-state index in [0.717, 1.165) is 41.6 Å². The lowest BCUT2D eigenvalue weighted by atomic mass is 9.85. The fourth-order valence-corrected chi connectivity index (χ4v) is 4.08. The summed E-state index contributed by atoms with van der Waals surface area (Å²) >= 11 is 5.16. The number of ketones is 1. The van der Waals surface area contributed by atoms with Crippen LogP contribution < -0.4 is 5.32 Å². The van der Waals surface area contributed by atoms with Crippen molar-refractivity contribution in [1.82, 2.24) is 5.32 Å². The topological polar surface area (TPSA) is 29.1 Å². The summed E-state index contributed by atoms with van der Waals surface area (Å²) in [7, 11) is 0. The van der Waals surface area contributed by atoms with Gasteiger partial charge in [0.2, 0.25) is 0 Å². The largest absolute Gasteiger partial charge is 0.305 e. The first kappa shape index (κ1) is 13.2. The van der Waals surface area contributed by atoms with Crippen LogP contribution in [0.1, 0.15) is 37.5 Å². The van der Waals surface area contributed by atoms with E-state index in [4.69, 9.17) is 0 Å². The summed E-state index contributed by atoms with van der Waals surface area (Å²) in [5, 5.41) is 5.47. The van der Waals surface area contributed by atoms with Crippen LogP contribution in [-0.4, -0.2) is 17.9 Å². The Hall–Kier alpha value is -0.190. The van der Waals surface area contributed by atoms with Crippen molar-refractivity contribution in [3.8, 4) is 0 Å². The normalized spacial score (nSPS) is 24.1. The summed E-state index contributed by atoms with van der Waals surface area (Å²) in [6.45, 7) is 3.13. The van der Waals surface area contributed by atoms with Gasteiger partial charge in [-0.15, -0.1) is 11.3 Å². The van der Waals surface area contributed by atoms with Crippen molar-refractivity contribution in [2.24, 2.45) is 0 Å². The molecule has 1 N–H and O–H groups in total. The summed E-state index contributed by atoms with van der Waals surface area (Å²) in [5.41, 5.74) is -0.238. The minimum Gasteiger partial charge on any atom is -0.305 e. The summed E-state index contributed by atoms with van der Waals surface area (Å²) in [6, 6.07) is 2.02. The molecule has 2 heterocycles. The van der Waals surface area contributed by atoms with E-state index >= 15 is 0 Å². The average molecular weight is 316 g/mol. The van der Waals surface area contributed by atoms with E-state index in [-0.39, 0.29) is 5.54 Å². The molecule has 0 aromatic carbocycles. The molecule has 2 rings (SSSR count). The highest BCUT2D eigenvalue weighted by molar-refractivity contribution is 9.10. The summed E-state index contributed by atoms with van der Waals surface area (Å²) in [5.74, 6) is 0.361. The van der Waals surface area contributed by atoms with Gasteiger partial charge in [0.15, 0.2) is 5.78 Å². The molecular formula is C13H18BrNOS. The fourth-order valence-electron chi connectivity index (χ4n) is 2.59. The third-order valence-electron chi connectivity index (χ3n) is 3.47. The number of carbonyl (C=O) groups excluding carboxylic acids is 1. The monoisotopic (exact) mass is 315 g/mol. The lowest BCUT2D eigenvalue weighted by Crippen LogP contribution is -2.48. The second-order valence-corrected chi connectivity index (χ2v) is 6.51. The van der Waals surface area contributed by atoms with Gasteiger partial charge in [-0.25, -0.2) is 0 Å². The van der Waals surface area contributed by atoms with Gasteiger partial charge in [-0.2, -0.15) is 0 Å². The number of halogens is 1. The molecular weight excluding hydrogens is 298 g/mol. The smallest absolute Gasteiger partial charge is 0.158 e. The molecule has 1 aliphatic rings. The van der Waals surface area contributed by atoms with Crippen LogP contribution in [0, 0.1) is 0 Å². The molecule has 0 saturated carbocycles. The van der Waals surface area contributed by atoms with E-state index in [9.17, 15) is 4.79 Å². The van der Waals surface area contributed by atoms with Crippen LogP contribution in [0.3, 0.4) is 0 Å². The van der Waals surface area contributed by atoms with Gasteiger partial charge in [-0.3, -0.25) is 4.79 Å². The number of hydrogen-bond donors (Lipinski definition) is 1. The maximum atomic E-state index is 12.5. The number of Topliss-reactive ketones (excluding diaryl/α,β-unsaturated/α-hetero) is 1. The van der Waals surface area contributed by atoms with Crippen molar-refractivity contribution in [2.75, 3.05) is 6.54 Å². The van der Waals surface area contributed by atoms with E-state index in [2.05, 4.69) is 28.2 Å². The van der Waals surface area contributed by atoms with E-state index in [1.165, 1.54) is 0 Å². The average Bonchev–Trinajstić information content (AvgIpc) is 2.91. The summed E-state index contributed by atoms with van der Waals surface area (Å²) in [4.78, 5) is 13.7. The zero-order valence-electron chi connectivity index (χ0n) is 10.1. The highest BCUT2D eigenvalue weighted by atomic mass is 79.9. The Kier molecular flexibility index (Phi) is 4.39. The van der Waals surface area contributed by atoms with Crippen LogP contribution in [0.2, 0.25) is 0 Å². The van der Waals surface area contributed by atoms with Gasteiger partial charge in [-0.1, -0.05) is 13.3 Å². The van der Waals surface area contributed by atoms with Gasteiger partial charge in [0.25, 0.3) is 0 Å². The van der Waals surface area contributed by atoms with Crippen LogP contribution in [0.15, 0.2) is 15.9 Å². The summed E-state index contributed by atoms with van der Waals surface area (Å²) < 4.78 is 1.07. The van der Waals surface area contributed by atoms with Gasteiger partial charge < -0.3 is 5.32 Å². The van der Waals surface area contributed by atoms with E-state index in [0.29, 0.717) is 12.2 Å². The molecule has 1 saturated heterocycles. The van der Waals surface area contributed by atoms with E-state index in [1.54, 1.807) is 11.3 Å². The Balaban J connectivity index is 2.10. The van der Waals surface area contributed by atoms with E-state index in [1.807, 2.05) is 11.4 Å². The van der Waals surface area contributed by atoms with E-state index < -0.39 is 0 Å². The second kappa shape index (κ2) is 5.63. The van der Waals surface area contributed by atoms with Crippen molar-refractivity contribution in [2.45, 2.75) is 44.6 Å². The third-order valence-corrected chi connectivity index (χ3v) is 5.39. The van der Waals surface area contributed by atoms with Gasteiger partial charge >= 0.3 is 0 Å². The Morgan fingerprint density at radius 1 is 1.65 bits per heavy atom. The number of thiophene rings is 1. The number of carbonyl (C=O) groups is 1. The molecule has 0 radical (unpaired) electrons. The predicted molar refractivity (Wildman–Crippen MR) is 75.6 cm³/mol. The first-order chi connectivity index (χ1) is 8.18. The van der Waals surface area contributed by atoms with Crippen LogP contribution in [-0.2, 0) is 11.2 Å². The molecule has 0 aliphatic carbocycles. The minimum atomic E-state index is -0.238. The molecule has 94 valence electrons. The van der Waals surface area contributed by atoms with Gasteiger partial charge in [-0.05, 0) is 53.2 Å². The Labute approximate surface area is 115 Å². The predicted octanol–water partition coefficient (Wildman–Crippen LogP) is 3.54. The van der Waals surface area contributed by atoms with Crippen molar-refractivity contribution in [1.29, 1.82) is 0 Å². The number of rotatable bonds is 5. The number of hydrogen-bond acceptors (Lipinski definition) is 3. The SMILES string of the molecule is CCCC1(C(=O)Cc2sccc2Br)CCCN1. The maximum absolute atomic E-state index is 12.5. The first-order valence-electron chi connectivity index (χ1n) is 6.18. The van der Waals surface area contributed by atoms with Crippen molar-refractivity contribution in [3.05, 3.63) is 20.8 Å². The first-order valence-corrected chi connectivity index (χ1v) is 7.85. The van der Waals surface area contributed by atoms with Crippen molar-refractivity contribution >= 4 is 33.0 Å². The summed E-state index contributed by atoms with van der Waals surface area (Å²) in [6.07, 6.45) is 4.71. The molecule has 2 nitrogen and oxygen atoms in total. The quantitative estimate of drug-likeness (QED) is 0.900. The highest BCUT2D eigenvalue weighted by Gasteiger charge is 2.39. The Morgan fingerprint density at radius 2 is 2.47 bits per heavy atom. The van der Waals surface area contributed by atoms with Crippen LogP contribution in [0.4, 0.5) is 0 Å². The zero-order valence-corrected chi connectivity index (χ0v) is 12.5. The zero-order chi connectivity index (χ0) is 12.3. The van der Waals surface area contributed by atoms with Gasteiger partial charge in [0.1, 0.15) is 0 Å². The maximum Gasteiger partial charge on any atom is 0.158 e. The second-order valence-electron chi connectivity index (χ2n) is 4.65. The Morgan fingerprint density at radius 3 is 3.00 bits per heavy atom. The molecule has 1 fully saturated rings. The molecule has 1 aliphatic heterocycles. The lowest BCUT2D eigenvalue weighted by Gasteiger charge is -2.27. The van der Waals surface area contributed by atoms with Crippen molar-refractivity contribution in [3.63, 3.8) is 0 Å². The molecule has 0 bridgehead atoms. The van der Waals surface area contributed by atoms with Crippen LogP contribution in [0.5, 0.6) is 0 Å². The molecule has 17 heavy (non-hydrogen) atoms. The molecule has 1 aromatic heterocycles. The Bertz CT molecular complexity index is 396. The molecule has 4 heteroatoms. The van der Waals surface area contributed by atoms with Crippen LogP contribution in [0.25, 0.3) is 0 Å². The number of nitrogens with one attached hydrogen (secondary N) is 1. The third kappa shape index (κ3) is 2.80. The van der Waals surface area contributed by atoms with Crippen LogP contribution >= 0.6 is 27.3 Å². The minimum absolute atomic E-state index is 0.238. The molecule has 1 atom stereocenters. The standard InChI is InChI=1S/C13H18BrNOS/c1-2-5-13(6-3-7-15-13)12(16)9-11-10(14)4-8-17-11/h4,8,15H,2-3,5-7,9H2,1H3. The van der Waals surface area contributed by atoms with Gasteiger partial charge in [0.05, 0.1) is 5.54 Å². The van der Waals surface area contributed by atoms with Gasteiger partial charge in [0, 0.05) is 15.8 Å². The molecule has 0 spiro atoms. The molecule has 1 unspecified atom stereocenters. The lowest BCUT2D eigenvalue weighted by molar-refractivity contribution is -0.124. The highest BCUT2D eigenvalue weighted by Crippen LogP contribution is 2.30. The fraction of sp³-hybridized carbons (Fsp3) is 0.615. The van der Waals surface area contributed by atoms with Crippen molar-refractivity contribution < 1.29 is 4.79 Å².